The maximum Gasteiger partial charge on any atom is 0.411 e. The third-order valence-electron chi connectivity index (χ3n) is 4.65. The van der Waals surface area contributed by atoms with Crippen LogP contribution in [0, 0.1) is 0 Å². The molecule has 4 bridgehead atoms. The Bertz CT molecular complexity index is 651. The summed E-state index contributed by atoms with van der Waals surface area (Å²) < 4.78 is 11.4. The summed E-state index contributed by atoms with van der Waals surface area (Å²) in [6.07, 6.45) is 14.7. The van der Waals surface area contributed by atoms with Crippen LogP contribution in [-0.2, 0) is 9.47 Å². The Hall–Kier alpha value is -2.50. The van der Waals surface area contributed by atoms with Gasteiger partial charge in [-0.2, -0.15) is 0 Å². The Morgan fingerprint density at radius 3 is 1.07 bits per heavy atom. The quantitative estimate of drug-likeness (QED) is 0.626. The molecule has 1 saturated heterocycles. The first kappa shape index (κ1) is 20.2. The fourth-order valence-electron chi connectivity index (χ4n) is 3.71. The van der Waals surface area contributed by atoms with E-state index in [0.717, 1.165) is 0 Å². The molecule has 0 aromatic carbocycles. The number of nitrogens with zero attached hydrogens (tertiary/aromatic N) is 2. The first-order valence-corrected chi connectivity index (χ1v) is 9.70. The van der Waals surface area contributed by atoms with E-state index in [2.05, 4.69) is 0 Å². The Morgan fingerprint density at radius 2 is 0.857 bits per heavy atom. The number of ether oxygens (including phenoxy) is 2. The number of hydrogen-bond donors (Lipinski definition) is 0. The summed E-state index contributed by atoms with van der Waals surface area (Å²) in [7, 11) is 0. The van der Waals surface area contributed by atoms with Gasteiger partial charge in [-0.05, 0) is 41.5 Å². The average molecular weight is 386 g/mol. The minimum Gasteiger partial charge on any atom is -0.444 e. The van der Waals surface area contributed by atoms with Crippen molar-refractivity contribution in [2.75, 3.05) is 0 Å². The molecular formula is C22H30N2O4. The molecule has 4 atom stereocenters. The summed E-state index contributed by atoms with van der Waals surface area (Å²) in [5, 5.41) is 0. The van der Waals surface area contributed by atoms with Crippen LogP contribution in [0.3, 0.4) is 0 Å². The topological polar surface area (TPSA) is 59.1 Å². The standard InChI is InChI=1S/C22H30N2O4/c1-21(2,3)27-19(25)23-15-11-7-8-12-16(23)18-14-10-9-13-17(15)24(18)20(26)28-22(4,5)6/h7-18H,1-6H3/t15-,16-,17-,18+/m0/s1. The van der Waals surface area contributed by atoms with E-state index in [-0.39, 0.29) is 36.4 Å². The van der Waals surface area contributed by atoms with Crippen molar-refractivity contribution in [1.82, 2.24) is 9.80 Å². The molecule has 3 rings (SSSR count). The molecule has 3 heterocycles. The zero-order valence-electron chi connectivity index (χ0n) is 17.5. The van der Waals surface area contributed by atoms with E-state index in [0.29, 0.717) is 0 Å². The van der Waals surface area contributed by atoms with Gasteiger partial charge in [0.2, 0.25) is 0 Å². The van der Waals surface area contributed by atoms with E-state index >= 15 is 0 Å². The number of fused-ring (bicyclic) bond motifs is 6. The summed E-state index contributed by atoms with van der Waals surface area (Å²) >= 11 is 0. The number of allylic oxidation sites excluding steroid dienone is 4. The van der Waals surface area contributed by atoms with Crippen LogP contribution in [0.5, 0.6) is 0 Å². The van der Waals surface area contributed by atoms with Crippen LogP contribution < -0.4 is 0 Å². The van der Waals surface area contributed by atoms with Gasteiger partial charge in [0.05, 0.1) is 24.2 Å². The van der Waals surface area contributed by atoms with Crippen molar-refractivity contribution in [3.63, 3.8) is 0 Å². The molecule has 3 aliphatic heterocycles. The van der Waals surface area contributed by atoms with Gasteiger partial charge in [0, 0.05) is 0 Å². The highest BCUT2D eigenvalue weighted by Crippen LogP contribution is 2.35. The minimum absolute atomic E-state index is 0.352. The van der Waals surface area contributed by atoms with Crippen LogP contribution in [-0.4, -0.2) is 57.4 Å². The second-order valence-electron chi connectivity index (χ2n) is 9.28. The molecule has 6 heteroatoms. The van der Waals surface area contributed by atoms with Crippen molar-refractivity contribution < 1.29 is 19.1 Å². The zero-order chi connectivity index (χ0) is 20.7. The Kier molecular flexibility index (Phi) is 5.17. The normalized spacial score (nSPS) is 28.6. The van der Waals surface area contributed by atoms with Crippen molar-refractivity contribution in [3.05, 3.63) is 48.6 Å². The lowest BCUT2D eigenvalue weighted by Crippen LogP contribution is -2.69. The van der Waals surface area contributed by atoms with E-state index in [9.17, 15) is 9.59 Å². The van der Waals surface area contributed by atoms with Crippen molar-refractivity contribution in [2.24, 2.45) is 0 Å². The number of piperazine rings is 1. The molecule has 0 aromatic heterocycles. The van der Waals surface area contributed by atoms with Crippen molar-refractivity contribution in [1.29, 1.82) is 0 Å². The lowest BCUT2D eigenvalue weighted by Gasteiger charge is -2.51. The third-order valence-corrected chi connectivity index (χ3v) is 4.65. The van der Waals surface area contributed by atoms with Crippen molar-refractivity contribution in [3.8, 4) is 0 Å². The minimum atomic E-state index is -0.604. The lowest BCUT2D eigenvalue weighted by atomic mass is 9.93. The summed E-state index contributed by atoms with van der Waals surface area (Å²) in [4.78, 5) is 29.6. The van der Waals surface area contributed by atoms with Crippen LogP contribution in [0.15, 0.2) is 48.6 Å². The summed E-state index contributed by atoms with van der Waals surface area (Å²) in [5.74, 6) is 0. The van der Waals surface area contributed by atoms with Crippen LogP contribution in [0.2, 0.25) is 0 Å². The largest absolute Gasteiger partial charge is 0.444 e. The maximum atomic E-state index is 13.1. The lowest BCUT2D eigenvalue weighted by molar-refractivity contribution is -0.0405. The maximum absolute atomic E-state index is 13.1. The molecule has 1 fully saturated rings. The monoisotopic (exact) mass is 386 g/mol. The second kappa shape index (κ2) is 7.15. The van der Waals surface area contributed by atoms with Crippen molar-refractivity contribution in [2.45, 2.75) is 76.9 Å². The first-order valence-electron chi connectivity index (χ1n) is 9.70. The highest BCUT2D eigenvalue weighted by molar-refractivity contribution is 5.75. The highest BCUT2D eigenvalue weighted by Gasteiger charge is 2.51. The highest BCUT2D eigenvalue weighted by atomic mass is 16.6. The van der Waals surface area contributed by atoms with Crippen LogP contribution >= 0.6 is 0 Å². The molecular weight excluding hydrogens is 356 g/mol. The van der Waals surface area contributed by atoms with E-state index < -0.39 is 11.2 Å². The zero-order valence-corrected chi connectivity index (χ0v) is 17.5. The molecule has 0 saturated carbocycles. The molecule has 3 aliphatic rings. The molecule has 0 unspecified atom stereocenters. The number of amides is 2. The molecule has 0 aromatic rings. The van der Waals surface area contributed by atoms with Gasteiger partial charge in [-0.15, -0.1) is 0 Å². The fourth-order valence-corrected chi connectivity index (χ4v) is 3.71. The number of rotatable bonds is 0. The number of carbonyl (C=O) groups is 2. The van der Waals surface area contributed by atoms with Crippen molar-refractivity contribution >= 4 is 12.2 Å². The molecule has 6 nitrogen and oxygen atoms in total. The molecule has 0 aliphatic carbocycles. The summed E-state index contributed by atoms with van der Waals surface area (Å²) in [6.45, 7) is 11.1. The van der Waals surface area contributed by atoms with Gasteiger partial charge in [-0.1, -0.05) is 48.6 Å². The molecule has 0 N–H and O–H groups in total. The predicted molar refractivity (Wildman–Crippen MR) is 108 cm³/mol. The van der Waals surface area contributed by atoms with Gasteiger partial charge in [0.1, 0.15) is 11.2 Å². The smallest absolute Gasteiger partial charge is 0.411 e. The van der Waals surface area contributed by atoms with Gasteiger partial charge in [-0.25, -0.2) is 9.59 Å². The van der Waals surface area contributed by atoms with Gasteiger partial charge in [0.25, 0.3) is 0 Å². The van der Waals surface area contributed by atoms with Gasteiger partial charge in [-0.3, -0.25) is 9.80 Å². The Labute approximate surface area is 167 Å². The molecule has 0 spiro atoms. The number of carbonyl (C=O) groups excluding carboxylic acids is 2. The predicted octanol–water partition coefficient (Wildman–Crippen LogP) is 4.20. The molecule has 2 amide bonds. The van der Waals surface area contributed by atoms with Gasteiger partial charge >= 0.3 is 12.2 Å². The SMILES string of the molecule is CC(C)(C)OC(=O)N1[C@@H]2C=CC=C[C@H]1[C@@H]1C=CC=C[C@@H]2N1C(=O)OC(C)(C)C. The summed E-state index contributed by atoms with van der Waals surface area (Å²) in [6, 6.07) is -1.41. The van der Waals surface area contributed by atoms with Crippen LogP contribution in [0.4, 0.5) is 9.59 Å². The average Bonchev–Trinajstić information content (AvgIpc) is 2.80. The number of hydrogen-bond acceptors (Lipinski definition) is 4. The van der Waals surface area contributed by atoms with Gasteiger partial charge < -0.3 is 9.47 Å². The first-order chi connectivity index (χ1) is 13.0. The van der Waals surface area contributed by atoms with E-state index in [1.807, 2.05) is 90.2 Å². The second-order valence-corrected chi connectivity index (χ2v) is 9.28. The van der Waals surface area contributed by atoms with E-state index in [4.69, 9.17) is 9.47 Å². The van der Waals surface area contributed by atoms with Crippen LogP contribution in [0.25, 0.3) is 0 Å². The van der Waals surface area contributed by atoms with E-state index in [1.165, 1.54) is 0 Å². The van der Waals surface area contributed by atoms with Crippen LogP contribution in [0.1, 0.15) is 41.5 Å². The Morgan fingerprint density at radius 1 is 0.607 bits per heavy atom. The molecule has 28 heavy (non-hydrogen) atoms. The third kappa shape index (κ3) is 4.16. The Balaban J connectivity index is 2.02. The summed E-state index contributed by atoms with van der Waals surface area (Å²) in [5.41, 5.74) is -1.21. The molecule has 152 valence electrons. The molecule has 0 radical (unpaired) electrons. The van der Waals surface area contributed by atoms with E-state index in [1.54, 1.807) is 9.80 Å². The fraction of sp³-hybridized carbons (Fsp3) is 0.545. The van der Waals surface area contributed by atoms with Gasteiger partial charge in [0.15, 0.2) is 0 Å².